The Bertz CT molecular complexity index is 366. The second-order valence-electron chi connectivity index (χ2n) is 3.67. The van der Waals surface area contributed by atoms with Gasteiger partial charge in [0.2, 0.25) is 5.22 Å². The number of likely N-dealkylation sites (tertiary alicyclic amines) is 1. The fourth-order valence-electron chi connectivity index (χ4n) is 1.76. The van der Waals surface area contributed by atoms with E-state index in [-0.39, 0.29) is 11.1 Å². The molecule has 1 saturated heterocycles. The van der Waals surface area contributed by atoms with Crippen molar-refractivity contribution in [3.63, 3.8) is 0 Å². The van der Waals surface area contributed by atoms with Crippen molar-refractivity contribution >= 4 is 33.4 Å². The van der Waals surface area contributed by atoms with Gasteiger partial charge in [-0.1, -0.05) is 15.9 Å². The second-order valence-corrected chi connectivity index (χ2v) is 4.66. The molecule has 0 radical (unpaired) electrons. The zero-order valence-corrected chi connectivity index (χ0v) is 10.4. The molecule has 1 amide bonds. The van der Waals surface area contributed by atoms with Crippen molar-refractivity contribution in [2.75, 3.05) is 18.4 Å². The third-order valence-electron chi connectivity index (χ3n) is 2.64. The Morgan fingerprint density at radius 2 is 2.53 bits per heavy atom. The van der Waals surface area contributed by atoms with Crippen LogP contribution in [0, 0.1) is 5.92 Å². The van der Waals surface area contributed by atoms with Crippen molar-refractivity contribution in [3.05, 3.63) is 23.1 Å². The van der Waals surface area contributed by atoms with Crippen LogP contribution in [0.25, 0.3) is 0 Å². The van der Waals surface area contributed by atoms with Gasteiger partial charge in [0.05, 0.1) is 11.8 Å². The normalized spacial score (nSPS) is 20.9. The average molecular weight is 293 g/mol. The molecule has 0 bridgehead atoms. The zero-order valence-electron chi connectivity index (χ0n) is 8.08. The number of hydrogen-bond acceptors (Lipinski definition) is 2. The van der Waals surface area contributed by atoms with Crippen LogP contribution in [0.4, 0.5) is 0 Å². The van der Waals surface area contributed by atoms with Crippen molar-refractivity contribution in [2.45, 2.75) is 6.42 Å². The molecule has 1 aliphatic rings. The Labute approximate surface area is 102 Å². The van der Waals surface area contributed by atoms with Crippen molar-refractivity contribution in [3.8, 4) is 0 Å². The smallest absolute Gasteiger partial charge is 0.258 e. The first-order chi connectivity index (χ1) is 7.22. The number of rotatable bonds is 2. The molecule has 1 aromatic heterocycles. The number of alkyl halides is 1. The van der Waals surface area contributed by atoms with Gasteiger partial charge in [0, 0.05) is 18.4 Å². The van der Waals surface area contributed by atoms with E-state index in [1.54, 1.807) is 6.07 Å². The molecule has 3 nitrogen and oxygen atoms in total. The third-order valence-corrected chi connectivity index (χ3v) is 3.85. The van der Waals surface area contributed by atoms with E-state index in [1.807, 2.05) is 4.90 Å². The molecule has 1 unspecified atom stereocenters. The molecular formula is C10H11BrClNO2. The lowest BCUT2D eigenvalue weighted by atomic mass is 10.2. The fraction of sp³-hybridized carbons (Fsp3) is 0.500. The standard InChI is InChI=1S/C10H11BrClNO2/c11-5-7-1-3-13(6-7)10(14)8-2-4-15-9(8)12/h2,4,7H,1,3,5-6H2. The topological polar surface area (TPSA) is 33.5 Å². The SMILES string of the molecule is O=C(c1ccoc1Cl)N1CCC(CBr)C1. The van der Waals surface area contributed by atoms with E-state index >= 15 is 0 Å². The summed E-state index contributed by atoms with van der Waals surface area (Å²) in [5.74, 6) is 0.525. The minimum absolute atomic E-state index is 0.0304. The zero-order chi connectivity index (χ0) is 10.8. The molecule has 2 heterocycles. The van der Waals surface area contributed by atoms with Crippen LogP contribution in [0.1, 0.15) is 16.8 Å². The second kappa shape index (κ2) is 4.58. The largest absolute Gasteiger partial charge is 0.452 e. The van der Waals surface area contributed by atoms with Crippen LogP contribution in [0.5, 0.6) is 0 Å². The molecule has 15 heavy (non-hydrogen) atoms. The summed E-state index contributed by atoms with van der Waals surface area (Å²) in [5, 5.41) is 1.12. The lowest BCUT2D eigenvalue weighted by Gasteiger charge is -2.14. The number of halogens is 2. The van der Waals surface area contributed by atoms with Crippen LogP contribution >= 0.6 is 27.5 Å². The molecule has 0 N–H and O–H groups in total. The molecule has 1 aromatic rings. The Kier molecular flexibility index (Phi) is 3.36. The maximum absolute atomic E-state index is 12.0. The summed E-state index contributed by atoms with van der Waals surface area (Å²) in [6.07, 6.45) is 2.49. The predicted molar refractivity (Wildman–Crippen MR) is 61.5 cm³/mol. The Hall–Kier alpha value is -0.480. The van der Waals surface area contributed by atoms with E-state index in [0.717, 1.165) is 24.8 Å². The van der Waals surface area contributed by atoms with Gasteiger partial charge in [-0.2, -0.15) is 0 Å². The molecular weight excluding hydrogens is 281 g/mol. The minimum atomic E-state index is -0.0304. The van der Waals surface area contributed by atoms with Gasteiger partial charge in [-0.25, -0.2) is 0 Å². The number of hydrogen-bond donors (Lipinski definition) is 0. The van der Waals surface area contributed by atoms with Crippen LogP contribution in [0.2, 0.25) is 5.22 Å². The number of carbonyl (C=O) groups is 1. The number of amides is 1. The van der Waals surface area contributed by atoms with E-state index in [0.29, 0.717) is 11.5 Å². The molecule has 0 aromatic carbocycles. The summed E-state index contributed by atoms with van der Waals surface area (Å²) < 4.78 is 4.91. The summed E-state index contributed by atoms with van der Waals surface area (Å²) in [5.41, 5.74) is 0.465. The van der Waals surface area contributed by atoms with Crippen molar-refractivity contribution in [1.29, 1.82) is 0 Å². The fourth-order valence-corrected chi connectivity index (χ4v) is 2.48. The first-order valence-electron chi connectivity index (χ1n) is 4.80. The van der Waals surface area contributed by atoms with Gasteiger partial charge in [0.15, 0.2) is 0 Å². The highest BCUT2D eigenvalue weighted by atomic mass is 79.9. The summed E-state index contributed by atoms with van der Waals surface area (Å²) in [4.78, 5) is 13.8. The Balaban J connectivity index is 2.07. The van der Waals surface area contributed by atoms with Gasteiger partial charge in [-0.15, -0.1) is 0 Å². The average Bonchev–Trinajstić information content (AvgIpc) is 2.84. The predicted octanol–water partition coefficient (Wildman–Crippen LogP) is 2.79. The number of furan rings is 1. The van der Waals surface area contributed by atoms with Crippen LogP contribution in [0.3, 0.4) is 0 Å². The van der Waals surface area contributed by atoms with Gasteiger partial charge in [-0.3, -0.25) is 4.79 Å². The first kappa shape index (κ1) is 11.0. The molecule has 5 heteroatoms. The summed E-state index contributed by atoms with van der Waals surface area (Å²) in [6, 6.07) is 1.62. The minimum Gasteiger partial charge on any atom is -0.452 e. The van der Waals surface area contributed by atoms with Crippen molar-refractivity contribution in [2.24, 2.45) is 5.92 Å². The molecule has 0 spiro atoms. The van der Waals surface area contributed by atoms with Crippen molar-refractivity contribution < 1.29 is 9.21 Å². The molecule has 0 aliphatic carbocycles. The van der Waals surface area contributed by atoms with Crippen LogP contribution in [0.15, 0.2) is 16.7 Å². The van der Waals surface area contributed by atoms with E-state index in [1.165, 1.54) is 6.26 Å². The molecule has 1 aliphatic heterocycles. The molecule has 1 fully saturated rings. The molecule has 0 saturated carbocycles. The van der Waals surface area contributed by atoms with Gasteiger partial charge in [0.25, 0.3) is 5.91 Å². The quantitative estimate of drug-likeness (QED) is 0.785. The maximum atomic E-state index is 12.0. The van der Waals surface area contributed by atoms with Crippen LogP contribution < -0.4 is 0 Å². The first-order valence-corrected chi connectivity index (χ1v) is 6.30. The van der Waals surface area contributed by atoms with Gasteiger partial charge in [-0.05, 0) is 30.0 Å². The highest BCUT2D eigenvalue weighted by molar-refractivity contribution is 9.09. The molecule has 1 atom stereocenters. The summed E-state index contributed by atoms with van der Waals surface area (Å²) in [7, 11) is 0. The van der Waals surface area contributed by atoms with Crippen LogP contribution in [-0.4, -0.2) is 29.2 Å². The highest BCUT2D eigenvalue weighted by Gasteiger charge is 2.27. The lowest BCUT2D eigenvalue weighted by molar-refractivity contribution is 0.0788. The van der Waals surface area contributed by atoms with Gasteiger partial charge >= 0.3 is 0 Å². The highest BCUT2D eigenvalue weighted by Crippen LogP contribution is 2.23. The van der Waals surface area contributed by atoms with E-state index in [4.69, 9.17) is 16.0 Å². The van der Waals surface area contributed by atoms with Crippen molar-refractivity contribution in [1.82, 2.24) is 4.90 Å². The third kappa shape index (κ3) is 2.21. The Morgan fingerprint density at radius 3 is 3.07 bits per heavy atom. The molecule has 82 valence electrons. The maximum Gasteiger partial charge on any atom is 0.258 e. The number of nitrogens with zero attached hydrogens (tertiary/aromatic N) is 1. The summed E-state index contributed by atoms with van der Waals surface area (Å²) in [6.45, 7) is 1.60. The number of carbonyl (C=O) groups excluding carboxylic acids is 1. The summed E-state index contributed by atoms with van der Waals surface area (Å²) >= 11 is 9.19. The molecule has 2 rings (SSSR count). The lowest BCUT2D eigenvalue weighted by Crippen LogP contribution is -2.28. The van der Waals surface area contributed by atoms with Gasteiger partial charge in [0.1, 0.15) is 0 Å². The Morgan fingerprint density at radius 1 is 1.73 bits per heavy atom. The van der Waals surface area contributed by atoms with E-state index < -0.39 is 0 Å². The monoisotopic (exact) mass is 291 g/mol. The van der Waals surface area contributed by atoms with E-state index in [2.05, 4.69) is 15.9 Å². The van der Waals surface area contributed by atoms with Gasteiger partial charge < -0.3 is 9.32 Å². The van der Waals surface area contributed by atoms with Crippen LogP contribution in [-0.2, 0) is 0 Å². The van der Waals surface area contributed by atoms with E-state index in [9.17, 15) is 4.79 Å².